The maximum absolute atomic E-state index is 11.8. The first-order chi connectivity index (χ1) is 9.92. The molecule has 0 atom stereocenters. The molecule has 21 heavy (non-hydrogen) atoms. The van der Waals surface area contributed by atoms with Gasteiger partial charge in [0.05, 0.1) is 6.10 Å². The van der Waals surface area contributed by atoms with E-state index in [1.165, 1.54) is 19.3 Å². The standard InChI is InChI=1S/C16H33N3O2/c1-14(2)21-12-8-9-17-15(20)18-13-16(3,4)19-10-6-5-7-11-19/h14H,5-13H2,1-4H3,(H2,17,18,20). The first-order valence-electron chi connectivity index (χ1n) is 8.30. The molecule has 2 N–H and O–H groups in total. The van der Waals surface area contributed by atoms with Crippen molar-refractivity contribution in [1.82, 2.24) is 15.5 Å². The summed E-state index contributed by atoms with van der Waals surface area (Å²) in [5.74, 6) is 0. The second-order valence-corrected chi connectivity index (χ2v) is 6.74. The van der Waals surface area contributed by atoms with Gasteiger partial charge in [-0.15, -0.1) is 0 Å². The van der Waals surface area contributed by atoms with E-state index in [9.17, 15) is 4.79 Å². The quantitative estimate of drug-likeness (QED) is 0.677. The van der Waals surface area contributed by atoms with Gasteiger partial charge in [-0.05, 0) is 60.0 Å². The molecule has 1 rings (SSSR count). The zero-order valence-electron chi connectivity index (χ0n) is 14.2. The molecule has 0 aromatic rings. The van der Waals surface area contributed by atoms with Crippen LogP contribution < -0.4 is 10.6 Å². The van der Waals surface area contributed by atoms with Crippen LogP contribution in [0.1, 0.15) is 53.4 Å². The average molecular weight is 299 g/mol. The largest absolute Gasteiger partial charge is 0.379 e. The van der Waals surface area contributed by atoms with Crippen molar-refractivity contribution in [2.24, 2.45) is 0 Å². The van der Waals surface area contributed by atoms with Crippen LogP contribution in [0.15, 0.2) is 0 Å². The Hall–Kier alpha value is -0.810. The highest BCUT2D eigenvalue weighted by Crippen LogP contribution is 2.19. The molecular formula is C16H33N3O2. The number of amides is 2. The van der Waals surface area contributed by atoms with Gasteiger partial charge in [-0.3, -0.25) is 4.90 Å². The fourth-order valence-electron chi connectivity index (χ4n) is 2.56. The molecule has 0 aromatic carbocycles. The van der Waals surface area contributed by atoms with Gasteiger partial charge in [0.25, 0.3) is 0 Å². The smallest absolute Gasteiger partial charge is 0.314 e. The Morgan fingerprint density at radius 1 is 1.19 bits per heavy atom. The van der Waals surface area contributed by atoms with Gasteiger partial charge in [0.2, 0.25) is 0 Å². The molecule has 0 spiro atoms. The highest BCUT2D eigenvalue weighted by molar-refractivity contribution is 5.73. The van der Waals surface area contributed by atoms with Crippen molar-refractivity contribution in [2.45, 2.75) is 65.0 Å². The molecule has 1 aliphatic rings. The highest BCUT2D eigenvalue weighted by Gasteiger charge is 2.28. The molecule has 0 aromatic heterocycles. The lowest BCUT2D eigenvalue weighted by molar-refractivity contribution is 0.0772. The SMILES string of the molecule is CC(C)OCCCNC(=O)NCC(C)(C)N1CCCCC1. The maximum atomic E-state index is 11.8. The van der Waals surface area contributed by atoms with Crippen molar-refractivity contribution >= 4 is 6.03 Å². The molecule has 124 valence electrons. The summed E-state index contributed by atoms with van der Waals surface area (Å²) in [6.45, 7) is 12.8. The summed E-state index contributed by atoms with van der Waals surface area (Å²) in [5, 5.41) is 5.87. The Bertz CT molecular complexity index is 300. The number of likely N-dealkylation sites (tertiary alicyclic amines) is 1. The highest BCUT2D eigenvalue weighted by atomic mass is 16.5. The Labute approximate surface area is 129 Å². The van der Waals surface area contributed by atoms with Crippen molar-refractivity contribution in [1.29, 1.82) is 0 Å². The molecule has 5 heteroatoms. The normalized spacial score (nSPS) is 17.0. The molecule has 1 heterocycles. The number of hydrogen-bond acceptors (Lipinski definition) is 3. The number of carbonyl (C=O) groups is 1. The zero-order valence-corrected chi connectivity index (χ0v) is 14.2. The molecule has 0 unspecified atom stereocenters. The van der Waals surface area contributed by atoms with E-state index in [2.05, 4.69) is 29.4 Å². The Morgan fingerprint density at radius 3 is 2.48 bits per heavy atom. The lowest BCUT2D eigenvalue weighted by atomic mass is 9.98. The first-order valence-corrected chi connectivity index (χ1v) is 8.30. The van der Waals surface area contributed by atoms with Crippen molar-refractivity contribution < 1.29 is 9.53 Å². The van der Waals surface area contributed by atoms with E-state index in [0.29, 0.717) is 19.7 Å². The monoisotopic (exact) mass is 299 g/mol. The minimum absolute atomic E-state index is 0.0263. The van der Waals surface area contributed by atoms with Crippen LogP contribution in [0.2, 0.25) is 0 Å². The van der Waals surface area contributed by atoms with E-state index < -0.39 is 0 Å². The first kappa shape index (κ1) is 18.2. The second-order valence-electron chi connectivity index (χ2n) is 6.74. The maximum Gasteiger partial charge on any atom is 0.314 e. The minimum Gasteiger partial charge on any atom is -0.379 e. The summed E-state index contributed by atoms with van der Waals surface area (Å²) in [7, 11) is 0. The summed E-state index contributed by atoms with van der Waals surface area (Å²) < 4.78 is 5.44. The predicted octanol–water partition coefficient (Wildman–Crippen LogP) is 2.37. The molecule has 0 saturated carbocycles. The van der Waals surface area contributed by atoms with Crippen LogP contribution in [-0.4, -0.2) is 55.4 Å². The lowest BCUT2D eigenvalue weighted by Crippen LogP contribution is -2.54. The van der Waals surface area contributed by atoms with Gasteiger partial charge in [-0.1, -0.05) is 6.42 Å². The van der Waals surface area contributed by atoms with Crippen molar-refractivity contribution in [3.63, 3.8) is 0 Å². The van der Waals surface area contributed by atoms with Gasteiger partial charge in [-0.25, -0.2) is 4.79 Å². The predicted molar refractivity (Wildman–Crippen MR) is 86.6 cm³/mol. The average Bonchev–Trinajstić information content (AvgIpc) is 2.45. The van der Waals surface area contributed by atoms with Crippen molar-refractivity contribution in [2.75, 3.05) is 32.8 Å². The fourth-order valence-corrected chi connectivity index (χ4v) is 2.56. The van der Waals surface area contributed by atoms with Crippen LogP contribution in [0.5, 0.6) is 0 Å². The Balaban J connectivity index is 2.13. The van der Waals surface area contributed by atoms with E-state index in [4.69, 9.17) is 4.74 Å². The molecule has 1 aliphatic heterocycles. The lowest BCUT2D eigenvalue weighted by Gasteiger charge is -2.41. The zero-order chi connectivity index (χ0) is 15.7. The van der Waals surface area contributed by atoms with Crippen LogP contribution in [0.3, 0.4) is 0 Å². The third-order valence-electron chi connectivity index (χ3n) is 3.95. The van der Waals surface area contributed by atoms with Crippen LogP contribution in [-0.2, 0) is 4.74 Å². The van der Waals surface area contributed by atoms with Crippen LogP contribution in [0.4, 0.5) is 4.79 Å². The van der Waals surface area contributed by atoms with Gasteiger partial charge >= 0.3 is 6.03 Å². The molecule has 0 radical (unpaired) electrons. The summed E-state index contributed by atoms with van der Waals surface area (Å²) in [6.07, 6.45) is 4.97. The van der Waals surface area contributed by atoms with E-state index in [1.807, 2.05) is 13.8 Å². The van der Waals surface area contributed by atoms with Crippen LogP contribution in [0, 0.1) is 0 Å². The second kappa shape index (κ2) is 9.26. The topological polar surface area (TPSA) is 53.6 Å². The molecule has 5 nitrogen and oxygen atoms in total. The van der Waals surface area contributed by atoms with E-state index in [1.54, 1.807) is 0 Å². The third-order valence-corrected chi connectivity index (χ3v) is 3.95. The number of nitrogens with zero attached hydrogens (tertiary/aromatic N) is 1. The summed E-state index contributed by atoms with van der Waals surface area (Å²) in [5.41, 5.74) is 0.0263. The Kier molecular flexibility index (Phi) is 8.04. The van der Waals surface area contributed by atoms with E-state index >= 15 is 0 Å². The van der Waals surface area contributed by atoms with Crippen LogP contribution >= 0.6 is 0 Å². The minimum atomic E-state index is -0.0790. The van der Waals surface area contributed by atoms with Crippen molar-refractivity contribution in [3.8, 4) is 0 Å². The van der Waals surface area contributed by atoms with Gasteiger partial charge < -0.3 is 15.4 Å². The Morgan fingerprint density at radius 2 is 1.86 bits per heavy atom. The molecule has 0 bridgehead atoms. The number of hydrogen-bond donors (Lipinski definition) is 2. The fraction of sp³-hybridized carbons (Fsp3) is 0.938. The summed E-state index contributed by atoms with van der Waals surface area (Å²) in [6, 6.07) is -0.0790. The molecular weight excluding hydrogens is 266 g/mol. The number of urea groups is 1. The van der Waals surface area contributed by atoms with Gasteiger partial charge in [0.15, 0.2) is 0 Å². The van der Waals surface area contributed by atoms with Crippen molar-refractivity contribution in [3.05, 3.63) is 0 Å². The molecule has 1 saturated heterocycles. The third kappa shape index (κ3) is 7.67. The number of nitrogens with one attached hydrogen (secondary N) is 2. The summed E-state index contributed by atoms with van der Waals surface area (Å²) in [4.78, 5) is 14.3. The van der Waals surface area contributed by atoms with Crippen LogP contribution in [0.25, 0.3) is 0 Å². The molecule has 1 fully saturated rings. The number of piperidine rings is 1. The van der Waals surface area contributed by atoms with Gasteiger partial charge in [0.1, 0.15) is 0 Å². The number of carbonyl (C=O) groups excluding carboxylic acids is 1. The van der Waals surface area contributed by atoms with Gasteiger partial charge in [0, 0.05) is 25.2 Å². The summed E-state index contributed by atoms with van der Waals surface area (Å²) >= 11 is 0. The number of rotatable bonds is 8. The van der Waals surface area contributed by atoms with Gasteiger partial charge in [-0.2, -0.15) is 0 Å². The number of ether oxygens (including phenoxy) is 1. The van der Waals surface area contributed by atoms with E-state index in [0.717, 1.165) is 19.5 Å². The molecule has 2 amide bonds. The van der Waals surface area contributed by atoms with E-state index in [-0.39, 0.29) is 17.7 Å². The molecule has 0 aliphatic carbocycles.